The average molecular weight is 680 g/mol. The van der Waals surface area contributed by atoms with Crippen molar-refractivity contribution in [3.63, 3.8) is 0 Å². The highest BCUT2D eigenvalue weighted by atomic mass is 16.5. The molecule has 3 aliphatic rings. The first-order valence-electron chi connectivity index (χ1n) is 19.4. The largest absolute Gasteiger partial charge is 0.497 e. The molecular formula is C41H69N5O3. The zero-order chi connectivity index (χ0) is 35.8. The highest BCUT2D eigenvalue weighted by molar-refractivity contribution is 5.85. The van der Waals surface area contributed by atoms with Crippen molar-refractivity contribution in [1.29, 1.82) is 0 Å². The Balaban J connectivity index is 1.76. The maximum absolute atomic E-state index is 14.5. The number of piperidine rings is 1. The number of rotatable bonds is 21. The predicted octanol–water partition coefficient (Wildman–Crippen LogP) is 7.48. The van der Waals surface area contributed by atoms with E-state index in [9.17, 15) is 9.59 Å². The molecule has 0 spiro atoms. The number of unbranched alkanes of at least 4 members (excludes halogenated alkanes) is 1. The molecular weight excluding hydrogens is 610 g/mol. The lowest BCUT2D eigenvalue weighted by atomic mass is 9.80. The van der Waals surface area contributed by atoms with Gasteiger partial charge in [0.05, 0.1) is 29.6 Å². The minimum absolute atomic E-state index is 0.00390. The summed E-state index contributed by atoms with van der Waals surface area (Å²) in [4.78, 5) is 30.6. The summed E-state index contributed by atoms with van der Waals surface area (Å²) >= 11 is 0. The van der Waals surface area contributed by atoms with Crippen LogP contribution in [0.1, 0.15) is 117 Å². The fourth-order valence-electron chi connectivity index (χ4n) is 8.09. The van der Waals surface area contributed by atoms with Crippen LogP contribution in [0.5, 0.6) is 0 Å². The molecule has 49 heavy (non-hydrogen) atoms. The second-order valence-electron chi connectivity index (χ2n) is 14.9. The highest BCUT2D eigenvalue weighted by Crippen LogP contribution is 2.32. The quantitative estimate of drug-likeness (QED) is 0.0571. The molecule has 1 aliphatic heterocycles. The molecule has 8 heteroatoms. The summed E-state index contributed by atoms with van der Waals surface area (Å²) in [6.45, 7) is 29.0. The average Bonchev–Trinajstić information content (AvgIpc) is 3.12. The summed E-state index contributed by atoms with van der Waals surface area (Å²) in [5, 5.41) is 13.8. The van der Waals surface area contributed by atoms with Gasteiger partial charge in [-0.15, -0.1) is 6.58 Å². The monoisotopic (exact) mass is 680 g/mol. The number of nitrogens with zero attached hydrogens (tertiary/aromatic N) is 1. The Labute approximate surface area is 298 Å². The van der Waals surface area contributed by atoms with Crippen LogP contribution < -0.4 is 21.3 Å². The lowest BCUT2D eigenvalue weighted by Crippen LogP contribution is -2.57. The molecule has 0 aromatic rings. The maximum atomic E-state index is 14.5. The van der Waals surface area contributed by atoms with E-state index in [0.717, 1.165) is 81.9 Å². The van der Waals surface area contributed by atoms with Gasteiger partial charge in [0.25, 0.3) is 0 Å². The molecule has 3 rings (SSSR count). The van der Waals surface area contributed by atoms with Gasteiger partial charge in [-0.2, -0.15) is 0 Å². The summed E-state index contributed by atoms with van der Waals surface area (Å²) in [6, 6.07) is -0.489. The first-order chi connectivity index (χ1) is 23.6. The van der Waals surface area contributed by atoms with E-state index in [1.165, 1.54) is 25.7 Å². The van der Waals surface area contributed by atoms with Gasteiger partial charge < -0.3 is 30.9 Å². The number of likely N-dealkylation sites (tertiary alicyclic amines) is 1. The van der Waals surface area contributed by atoms with Crippen molar-refractivity contribution < 1.29 is 14.3 Å². The van der Waals surface area contributed by atoms with E-state index in [1.54, 1.807) is 6.08 Å². The van der Waals surface area contributed by atoms with E-state index in [2.05, 4.69) is 68.0 Å². The number of carbonyl (C=O) groups is 2. The minimum atomic E-state index is -0.382. The highest BCUT2D eigenvalue weighted by Gasteiger charge is 2.40. The van der Waals surface area contributed by atoms with Gasteiger partial charge in [0.2, 0.25) is 11.8 Å². The number of hydrogen-bond acceptors (Lipinski definition) is 6. The van der Waals surface area contributed by atoms with Gasteiger partial charge in [0.1, 0.15) is 12.6 Å². The Kier molecular flexibility index (Phi) is 17.4. The molecule has 3 fully saturated rings. The second kappa shape index (κ2) is 21.1. The molecule has 276 valence electrons. The zero-order valence-corrected chi connectivity index (χ0v) is 31.3. The van der Waals surface area contributed by atoms with E-state index < -0.39 is 0 Å². The number of nitrogens with one attached hydrogen (secondary N) is 4. The van der Waals surface area contributed by atoms with Crippen molar-refractivity contribution in [2.24, 2.45) is 23.7 Å². The van der Waals surface area contributed by atoms with Crippen LogP contribution in [0.3, 0.4) is 0 Å². The van der Waals surface area contributed by atoms with E-state index in [0.29, 0.717) is 43.7 Å². The number of carbonyl (C=O) groups excluding carboxylic acids is 2. The zero-order valence-electron chi connectivity index (χ0n) is 31.3. The fraction of sp³-hybridized carbons (Fsp3) is 0.707. The van der Waals surface area contributed by atoms with Crippen LogP contribution in [0.25, 0.3) is 0 Å². The molecule has 4 unspecified atom stereocenters. The predicted molar refractivity (Wildman–Crippen MR) is 203 cm³/mol. The van der Waals surface area contributed by atoms with Gasteiger partial charge in [-0.1, -0.05) is 104 Å². The van der Waals surface area contributed by atoms with Crippen LogP contribution in [-0.4, -0.2) is 61.1 Å². The number of amides is 2. The molecule has 1 saturated heterocycles. The Morgan fingerprint density at radius 1 is 0.898 bits per heavy atom. The van der Waals surface area contributed by atoms with Gasteiger partial charge in [0.15, 0.2) is 0 Å². The molecule has 2 saturated carbocycles. The molecule has 0 aromatic carbocycles. The third-order valence-corrected chi connectivity index (χ3v) is 11.2. The lowest BCUT2D eigenvalue weighted by molar-refractivity contribution is -0.140. The van der Waals surface area contributed by atoms with E-state index in [-0.39, 0.29) is 47.7 Å². The third-order valence-electron chi connectivity index (χ3n) is 11.2. The van der Waals surface area contributed by atoms with Crippen molar-refractivity contribution in [3.8, 4) is 0 Å². The summed E-state index contributed by atoms with van der Waals surface area (Å²) < 4.78 is 5.91. The normalized spacial score (nSPS) is 22.1. The number of ether oxygens (including phenoxy) is 1. The Morgan fingerprint density at radius 3 is 2.14 bits per heavy atom. The smallest absolute Gasteiger partial charge is 0.245 e. The van der Waals surface area contributed by atoms with Crippen LogP contribution in [0.15, 0.2) is 61.8 Å². The molecule has 2 amide bonds. The molecule has 8 nitrogen and oxygen atoms in total. The van der Waals surface area contributed by atoms with Crippen molar-refractivity contribution in [1.82, 2.24) is 26.2 Å². The number of allylic oxidation sites excluding steroid dienone is 1. The number of hydrogen-bond donors (Lipinski definition) is 4. The Morgan fingerprint density at radius 2 is 1.55 bits per heavy atom. The van der Waals surface area contributed by atoms with Crippen LogP contribution >= 0.6 is 0 Å². The molecule has 2 aliphatic carbocycles. The van der Waals surface area contributed by atoms with Crippen LogP contribution in [-0.2, 0) is 14.3 Å². The van der Waals surface area contributed by atoms with Gasteiger partial charge in [-0.05, 0) is 68.8 Å². The van der Waals surface area contributed by atoms with Crippen molar-refractivity contribution in [2.75, 3.05) is 26.2 Å². The van der Waals surface area contributed by atoms with E-state index >= 15 is 0 Å². The first kappa shape index (κ1) is 40.3. The first-order valence-corrected chi connectivity index (χ1v) is 19.4. The molecule has 0 bridgehead atoms. The van der Waals surface area contributed by atoms with Crippen LogP contribution in [0.4, 0.5) is 0 Å². The van der Waals surface area contributed by atoms with Gasteiger partial charge >= 0.3 is 0 Å². The van der Waals surface area contributed by atoms with Crippen molar-refractivity contribution in [2.45, 2.75) is 135 Å². The van der Waals surface area contributed by atoms with E-state index in [4.69, 9.17) is 4.74 Å². The molecule has 5 atom stereocenters. The van der Waals surface area contributed by atoms with Crippen LogP contribution in [0, 0.1) is 23.7 Å². The fourth-order valence-corrected chi connectivity index (χ4v) is 8.09. The van der Waals surface area contributed by atoms with Gasteiger partial charge in [-0.3, -0.25) is 9.59 Å². The maximum Gasteiger partial charge on any atom is 0.245 e. The molecule has 0 aromatic heterocycles. The van der Waals surface area contributed by atoms with Gasteiger partial charge in [-0.25, -0.2) is 0 Å². The summed E-state index contributed by atoms with van der Waals surface area (Å²) in [7, 11) is 0. The van der Waals surface area contributed by atoms with Crippen molar-refractivity contribution in [3.05, 3.63) is 61.8 Å². The standard InChI is InChI=1S/C41H69N5O3/c1-9-12-23-37(30(6)31(7)42-25-10-2)45-40(47)36-27-46(26-24-33(36)11-3)41(48)39(35-21-17-14-18-22-35)44-32(8)43-38(28-49-29(4)5)34-19-15-13-16-20-34/h10,33-39,42-44H,2,4,6-9,11-28H2,1,3,5H3,(H,45,47)/t33-,36?,37?,38?,39?/m0/s1. The molecule has 4 N–H and O–H groups in total. The minimum Gasteiger partial charge on any atom is -0.497 e. The summed E-state index contributed by atoms with van der Waals surface area (Å²) in [5.74, 6) is 2.14. The lowest BCUT2D eigenvalue weighted by Gasteiger charge is -2.42. The SMILES string of the molecule is C=CCNC(=C)C(=C)C(CCCC)NC(=O)C1CN(C(=O)C(NC(=C)NC(COC(=C)C)C2CCCCC2)C2CCCCC2)CC[C@@H]1CC. The topological polar surface area (TPSA) is 94.7 Å². The van der Waals surface area contributed by atoms with Gasteiger partial charge in [0, 0.05) is 25.3 Å². The molecule has 0 radical (unpaired) electrons. The summed E-state index contributed by atoms with van der Waals surface area (Å²) in [6.07, 6.45) is 17.9. The van der Waals surface area contributed by atoms with Crippen molar-refractivity contribution >= 4 is 11.8 Å². The third kappa shape index (κ3) is 12.6. The van der Waals surface area contributed by atoms with E-state index in [1.807, 2.05) is 11.8 Å². The second-order valence-corrected chi connectivity index (χ2v) is 14.9. The molecule has 1 heterocycles. The van der Waals surface area contributed by atoms with Crippen LogP contribution in [0.2, 0.25) is 0 Å². The Hall–Kier alpha value is -3.16. The summed E-state index contributed by atoms with van der Waals surface area (Å²) in [5.41, 5.74) is 1.52. The Bertz CT molecular complexity index is 1120.